The third-order valence-electron chi connectivity index (χ3n) is 3.87. The van der Waals surface area contributed by atoms with Crippen LogP contribution < -0.4 is 11.1 Å². The molecule has 0 atom stereocenters. The summed E-state index contributed by atoms with van der Waals surface area (Å²) in [4.78, 5) is 26.4. The van der Waals surface area contributed by atoms with Crippen molar-refractivity contribution in [3.05, 3.63) is 62.1 Å². The van der Waals surface area contributed by atoms with Crippen molar-refractivity contribution in [1.29, 1.82) is 0 Å². The van der Waals surface area contributed by atoms with Crippen LogP contribution in [0.2, 0.25) is 4.34 Å². The van der Waals surface area contributed by atoms with Gasteiger partial charge in [0.15, 0.2) is 0 Å². The number of rotatable bonds is 6. The van der Waals surface area contributed by atoms with Gasteiger partial charge in [0, 0.05) is 21.7 Å². The van der Waals surface area contributed by atoms with Gasteiger partial charge in [0.1, 0.15) is 5.00 Å². The summed E-state index contributed by atoms with van der Waals surface area (Å²) in [6.07, 6.45) is 0.914. The minimum absolute atomic E-state index is 0.155. The summed E-state index contributed by atoms with van der Waals surface area (Å²) in [5.41, 5.74) is 7.67. The Morgan fingerprint density at radius 1 is 1.12 bits per heavy atom. The van der Waals surface area contributed by atoms with Gasteiger partial charge < -0.3 is 11.1 Å². The number of thiophene rings is 2. The smallest absolute Gasteiger partial charge is 0.252 e. The Labute approximate surface area is 164 Å². The molecule has 0 aliphatic heterocycles. The molecule has 2 amide bonds. The van der Waals surface area contributed by atoms with Crippen LogP contribution in [0.15, 0.2) is 42.5 Å². The Bertz CT molecular complexity index is 948. The van der Waals surface area contributed by atoms with Crippen LogP contribution in [0, 0.1) is 6.92 Å². The highest BCUT2D eigenvalue weighted by Crippen LogP contribution is 2.39. The lowest BCUT2D eigenvalue weighted by atomic mass is 10.0. The molecule has 0 fully saturated rings. The highest BCUT2D eigenvalue weighted by molar-refractivity contribution is 7.17. The fourth-order valence-electron chi connectivity index (χ4n) is 2.73. The van der Waals surface area contributed by atoms with E-state index in [4.69, 9.17) is 17.3 Å². The number of amides is 2. The Kier molecular flexibility index (Phi) is 5.76. The average molecular weight is 405 g/mol. The van der Waals surface area contributed by atoms with E-state index in [-0.39, 0.29) is 5.91 Å². The molecule has 0 bridgehead atoms. The maximum Gasteiger partial charge on any atom is 0.252 e. The molecule has 4 nitrogen and oxygen atoms in total. The van der Waals surface area contributed by atoms with Gasteiger partial charge in [-0.15, -0.1) is 22.7 Å². The molecular weight excluding hydrogens is 388 g/mol. The van der Waals surface area contributed by atoms with Crippen molar-refractivity contribution < 1.29 is 9.59 Å². The van der Waals surface area contributed by atoms with E-state index in [0.29, 0.717) is 27.7 Å². The van der Waals surface area contributed by atoms with E-state index in [2.05, 4.69) is 5.32 Å². The van der Waals surface area contributed by atoms with Crippen molar-refractivity contribution in [3.63, 3.8) is 0 Å². The van der Waals surface area contributed by atoms with Crippen LogP contribution in [0.4, 0.5) is 5.00 Å². The summed E-state index contributed by atoms with van der Waals surface area (Å²) in [5.74, 6) is -0.702. The number of benzene rings is 1. The topological polar surface area (TPSA) is 72.2 Å². The molecular formula is C19H17ClN2O2S2. The van der Waals surface area contributed by atoms with E-state index in [1.165, 1.54) is 22.7 Å². The largest absolute Gasteiger partial charge is 0.365 e. The first-order chi connectivity index (χ1) is 12.5. The second-order valence-electron chi connectivity index (χ2n) is 5.72. The number of aryl methyl sites for hydroxylation is 2. The molecule has 3 rings (SSSR count). The summed E-state index contributed by atoms with van der Waals surface area (Å²) in [6, 6.07) is 13.3. The first-order valence-electron chi connectivity index (χ1n) is 7.98. The van der Waals surface area contributed by atoms with Gasteiger partial charge in [-0.25, -0.2) is 0 Å². The molecule has 0 aliphatic carbocycles. The van der Waals surface area contributed by atoms with E-state index < -0.39 is 5.91 Å². The molecule has 3 N–H and O–H groups in total. The molecule has 7 heteroatoms. The Morgan fingerprint density at radius 3 is 2.46 bits per heavy atom. The highest BCUT2D eigenvalue weighted by atomic mass is 35.5. The highest BCUT2D eigenvalue weighted by Gasteiger charge is 2.22. The maximum atomic E-state index is 12.3. The number of hydrogen-bond acceptors (Lipinski definition) is 4. The third-order valence-corrected chi connectivity index (χ3v) is 6.18. The number of halogens is 1. The van der Waals surface area contributed by atoms with Crippen molar-refractivity contribution in [3.8, 4) is 11.1 Å². The number of hydrogen-bond donors (Lipinski definition) is 2. The lowest BCUT2D eigenvalue weighted by Gasteiger charge is -2.07. The predicted molar refractivity (Wildman–Crippen MR) is 109 cm³/mol. The number of primary amides is 1. The van der Waals surface area contributed by atoms with Crippen LogP contribution in [0.5, 0.6) is 0 Å². The number of nitrogens with two attached hydrogens (primary N) is 1. The summed E-state index contributed by atoms with van der Waals surface area (Å²) in [5, 5.41) is 3.35. The molecule has 0 unspecified atom stereocenters. The zero-order chi connectivity index (χ0) is 18.7. The maximum absolute atomic E-state index is 12.3. The number of carbonyl (C=O) groups is 2. The summed E-state index contributed by atoms with van der Waals surface area (Å²) < 4.78 is 0.706. The average Bonchev–Trinajstić information content (AvgIpc) is 3.16. The molecule has 3 aromatic rings. The third kappa shape index (κ3) is 4.15. The summed E-state index contributed by atoms with van der Waals surface area (Å²) in [7, 11) is 0. The van der Waals surface area contributed by atoms with Crippen molar-refractivity contribution >= 4 is 51.1 Å². The zero-order valence-electron chi connectivity index (χ0n) is 14.0. The molecule has 1 aromatic carbocycles. The second-order valence-corrected chi connectivity index (χ2v) is 8.75. The van der Waals surface area contributed by atoms with E-state index >= 15 is 0 Å². The molecule has 0 spiro atoms. The first-order valence-corrected chi connectivity index (χ1v) is 9.99. The molecule has 0 saturated carbocycles. The van der Waals surface area contributed by atoms with Crippen molar-refractivity contribution in [2.75, 3.05) is 5.32 Å². The molecule has 0 saturated heterocycles. The molecule has 0 radical (unpaired) electrons. The Morgan fingerprint density at radius 2 is 1.85 bits per heavy atom. The normalized spacial score (nSPS) is 10.7. The zero-order valence-corrected chi connectivity index (χ0v) is 16.4. The van der Waals surface area contributed by atoms with Gasteiger partial charge in [0.25, 0.3) is 5.91 Å². The summed E-state index contributed by atoms with van der Waals surface area (Å²) >= 11 is 8.74. The number of carbonyl (C=O) groups excluding carboxylic acids is 2. The molecule has 134 valence electrons. The van der Waals surface area contributed by atoms with Crippen molar-refractivity contribution in [1.82, 2.24) is 0 Å². The Hall–Kier alpha value is -2.15. The van der Waals surface area contributed by atoms with Crippen molar-refractivity contribution in [2.24, 2.45) is 5.73 Å². The van der Waals surface area contributed by atoms with Gasteiger partial charge in [-0.1, -0.05) is 41.9 Å². The molecule has 0 aliphatic rings. The fourth-order valence-corrected chi connectivity index (χ4v) is 4.92. The van der Waals surface area contributed by atoms with Gasteiger partial charge in [-0.3, -0.25) is 9.59 Å². The first kappa shape index (κ1) is 18.6. The minimum atomic E-state index is -0.548. The Balaban J connectivity index is 1.81. The van der Waals surface area contributed by atoms with Crippen LogP contribution in [-0.4, -0.2) is 11.8 Å². The van der Waals surface area contributed by atoms with Crippen molar-refractivity contribution in [2.45, 2.75) is 19.8 Å². The standard InChI is InChI=1S/C19H17ClN2O2S2/c1-11-16(12-5-3-2-4-6-12)17(18(21)24)19(25-11)22-15(23)10-8-13-7-9-14(20)26-13/h2-7,9H,8,10H2,1H3,(H2,21,24)(H,22,23). The van der Waals surface area contributed by atoms with Gasteiger partial charge in [0.05, 0.1) is 9.90 Å². The van der Waals surface area contributed by atoms with Gasteiger partial charge >= 0.3 is 0 Å². The molecule has 2 aromatic heterocycles. The molecule has 2 heterocycles. The number of nitrogens with one attached hydrogen (secondary N) is 1. The number of anilines is 1. The van der Waals surface area contributed by atoms with Crippen LogP contribution in [0.3, 0.4) is 0 Å². The monoisotopic (exact) mass is 404 g/mol. The van der Waals surface area contributed by atoms with Crippen LogP contribution in [0.25, 0.3) is 11.1 Å². The van der Waals surface area contributed by atoms with E-state index in [9.17, 15) is 9.59 Å². The second kappa shape index (κ2) is 8.03. The summed E-state index contributed by atoms with van der Waals surface area (Å²) in [6.45, 7) is 1.92. The van der Waals surface area contributed by atoms with Gasteiger partial charge in [-0.2, -0.15) is 0 Å². The van der Waals surface area contributed by atoms with Gasteiger partial charge in [0.2, 0.25) is 5.91 Å². The van der Waals surface area contributed by atoms with Crippen LogP contribution >= 0.6 is 34.3 Å². The fraction of sp³-hybridized carbons (Fsp3) is 0.158. The lowest BCUT2D eigenvalue weighted by molar-refractivity contribution is -0.116. The quantitative estimate of drug-likeness (QED) is 0.599. The minimum Gasteiger partial charge on any atom is -0.365 e. The van der Waals surface area contributed by atoms with E-state index in [0.717, 1.165) is 20.9 Å². The SMILES string of the molecule is Cc1sc(NC(=O)CCc2ccc(Cl)s2)c(C(N)=O)c1-c1ccccc1. The van der Waals surface area contributed by atoms with E-state index in [1.807, 2.05) is 49.4 Å². The lowest BCUT2D eigenvalue weighted by Crippen LogP contribution is -2.17. The predicted octanol–water partition coefficient (Wildman–Crippen LogP) is 5.11. The van der Waals surface area contributed by atoms with E-state index in [1.54, 1.807) is 0 Å². The van der Waals surface area contributed by atoms with Gasteiger partial charge in [-0.05, 0) is 31.0 Å². The molecule has 26 heavy (non-hydrogen) atoms. The van der Waals surface area contributed by atoms with Crippen LogP contribution in [0.1, 0.15) is 26.5 Å². The van der Waals surface area contributed by atoms with Crippen LogP contribution in [-0.2, 0) is 11.2 Å².